The van der Waals surface area contributed by atoms with Crippen LogP contribution in [0.3, 0.4) is 0 Å². The molecule has 5 rings (SSSR count). The number of carbonyl (C=O) groups is 1. The number of hydrogen-bond donors (Lipinski definition) is 0. The first-order valence-electron chi connectivity index (χ1n) is 12.2. The first kappa shape index (κ1) is 24.6. The third-order valence-corrected chi connectivity index (χ3v) is 6.32. The van der Waals surface area contributed by atoms with Crippen LogP contribution in [0.25, 0.3) is 11.3 Å². The number of benzene rings is 3. The normalized spacial score (nSPS) is 15.1. The average Bonchev–Trinajstić information content (AvgIpc) is 3.53. The highest BCUT2D eigenvalue weighted by Crippen LogP contribution is 2.35. The minimum atomic E-state index is -0.477. The molecule has 0 radical (unpaired) electrons. The van der Waals surface area contributed by atoms with Gasteiger partial charge in [0.1, 0.15) is 23.1 Å². The molecule has 0 unspecified atom stereocenters. The van der Waals surface area contributed by atoms with E-state index in [4.69, 9.17) is 14.6 Å². The van der Waals surface area contributed by atoms with Crippen molar-refractivity contribution in [3.63, 3.8) is 0 Å². The first-order chi connectivity index (χ1) is 18.0. The number of amides is 1. The van der Waals surface area contributed by atoms with Crippen molar-refractivity contribution < 1.29 is 23.0 Å². The number of ether oxygens (including phenoxy) is 2. The molecule has 0 spiro atoms. The molecule has 8 heteroatoms. The van der Waals surface area contributed by atoms with E-state index in [1.165, 1.54) is 42.5 Å². The number of carbonyl (C=O) groups excluding carboxylic acids is 1. The van der Waals surface area contributed by atoms with Crippen molar-refractivity contribution >= 4 is 5.91 Å². The highest BCUT2D eigenvalue weighted by molar-refractivity contribution is 5.94. The van der Waals surface area contributed by atoms with E-state index in [0.717, 1.165) is 18.4 Å². The van der Waals surface area contributed by atoms with Crippen LogP contribution < -0.4 is 4.74 Å². The van der Waals surface area contributed by atoms with Crippen LogP contribution in [0.15, 0.2) is 78.9 Å². The van der Waals surface area contributed by atoms with E-state index in [9.17, 15) is 13.6 Å². The van der Waals surface area contributed by atoms with Crippen molar-refractivity contribution in [2.75, 3.05) is 13.2 Å². The van der Waals surface area contributed by atoms with E-state index in [2.05, 4.69) is 0 Å². The van der Waals surface area contributed by atoms with Gasteiger partial charge in [0.25, 0.3) is 5.91 Å². The number of rotatable bonds is 8. The number of halogens is 2. The minimum Gasteiger partial charge on any atom is -0.439 e. The van der Waals surface area contributed by atoms with Gasteiger partial charge < -0.3 is 14.4 Å². The molecule has 1 aliphatic heterocycles. The van der Waals surface area contributed by atoms with Gasteiger partial charge in [0.15, 0.2) is 0 Å². The largest absolute Gasteiger partial charge is 0.439 e. The molecule has 37 heavy (non-hydrogen) atoms. The third-order valence-electron chi connectivity index (χ3n) is 6.32. The number of aromatic nitrogens is 2. The fourth-order valence-electron chi connectivity index (χ4n) is 4.51. The Labute approximate surface area is 214 Å². The van der Waals surface area contributed by atoms with Crippen molar-refractivity contribution in [1.29, 1.82) is 0 Å². The van der Waals surface area contributed by atoms with Crippen molar-refractivity contribution in [3.8, 4) is 22.9 Å². The van der Waals surface area contributed by atoms with Gasteiger partial charge in [0.05, 0.1) is 18.2 Å². The first-order valence-corrected chi connectivity index (χ1v) is 12.2. The Morgan fingerprint density at radius 3 is 2.54 bits per heavy atom. The van der Waals surface area contributed by atoms with Gasteiger partial charge >= 0.3 is 0 Å². The van der Waals surface area contributed by atoms with Crippen LogP contribution >= 0.6 is 0 Å². The molecule has 0 bridgehead atoms. The molecule has 4 aromatic rings. The van der Waals surface area contributed by atoms with E-state index < -0.39 is 5.82 Å². The Kier molecular flexibility index (Phi) is 7.28. The van der Waals surface area contributed by atoms with Crippen LogP contribution in [-0.4, -0.2) is 39.8 Å². The molecular formula is C29H27F2N3O3. The van der Waals surface area contributed by atoms with Crippen molar-refractivity contribution in [1.82, 2.24) is 14.7 Å². The molecule has 1 aliphatic rings. The SMILES string of the molecule is Cn1nc(-c2ccccc2)c(CN(C[C@@H]2CCCO2)C(=O)c2cccc(F)c2)c1Oc1ccc(F)cc1. The lowest BCUT2D eigenvalue weighted by molar-refractivity contribution is 0.0506. The van der Waals surface area contributed by atoms with E-state index in [0.29, 0.717) is 36.0 Å². The lowest BCUT2D eigenvalue weighted by Crippen LogP contribution is -2.37. The van der Waals surface area contributed by atoms with Crippen LogP contribution in [0.4, 0.5) is 8.78 Å². The predicted molar refractivity (Wildman–Crippen MR) is 135 cm³/mol. The van der Waals surface area contributed by atoms with Gasteiger partial charge in [-0.3, -0.25) is 4.79 Å². The summed E-state index contributed by atoms with van der Waals surface area (Å²) in [4.78, 5) is 15.3. The average molecular weight is 504 g/mol. The second-order valence-electron chi connectivity index (χ2n) is 9.01. The van der Waals surface area contributed by atoms with Crippen LogP contribution in [0, 0.1) is 11.6 Å². The molecular weight excluding hydrogens is 476 g/mol. The third kappa shape index (κ3) is 5.70. The van der Waals surface area contributed by atoms with Crippen LogP contribution in [0.1, 0.15) is 28.8 Å². The smallest absolute Gasteiger partial charge is 0.254 e. The second-order valence-corrected chi connectivity index (χ2v) is 9.01. The fourth-order valence-corrected chi connectivity index (χ4v) is 4.51. The van der Waals surface area contributed by atoms with Gasteiger partial charge in [0.2, 0.25) is 5.88 Å². The van der Waals surface area contributed by atoms with Crippen LogP contribution in [0.5, 0.6) is 11.6 Å². The summed E-state index contributed by atoms with van der Waals surface area (Å²) in [5.74, 6) is -0.298. The molecule has 1 aromatic heterocycles. The highest BCUT2D eigenvalue weighted by Gasteiger charge is 2.28. The molecule has 2 heterocycles. The summed E-state index contributed by atoms with van der Waals surface area (Å²) in [6, 6.07) is 21.0. The van der Waals surface area contributed by atoms with Crippen molar-refractivity contribution in [2.24, 2.45) is 7.05 Å². The Morgan fingerprint density at radius 1 is 1.05 bits per heavy atom. The lowest BCUT2D eigenvalue weighted by atomic mass is 10.1. The van der Waals surface area contributed by atoms with E-state index in [-0.39, 0.29) is 29.9 Å². The van der Waals surface area contributed by atoms with Gasteiger partial charge in [0, 0.05) is 31.3 Å². The summed E-state index contributed by atoms with van der Waals surface area (Å²) < 4.78 is 41.1. The lowest BCUT2D eigenvalue weighted by Gasteiger charge is -2.26. The molecule has 1 atom stereocenters. The van der Waals surface area contributed by atoms with E-state index in [1.54, 1.807) is 22.7 Å². The topological polar surface area (TPSA) is 56.6 Å². The fraction of sp³-hybridized carbons (Fsp3) is 0.241. The number of hydrogen-bond acceptors (Lipinski definition) is 4. The number of nitrogens with zero attached hydrogens (tertiary/aromatic N) is 3. The van der Waals surface area contributed by atoms with E-state index in [1.807, 2.05) is 30.3 Å². The quantitative estimate of drug-likeness (QED) is 0.297. The van der Waals surface area contributed by atoms with Gasteiger partial charge in [-0.05, 0) is 55.3 Å². The molecule has 0 saturated carbocycles. The standard InChI is InChI=1S/C29H27F2N3O3/c1-33-29(37-24-14-12-22(30)13-15-24)26(27(32-33)20-7-3-2-4-8-20)19-34(18-25-11-6-16-36-25)28(35)21-9-5-10-23(31)17-21/h2-5,7-10,12-15,17,25H,6,11,16,18-19H2,1H3/t25-/m0/s1. The molecule has 0 aliphatic carbocycles. The second kappa shape index (κ2) is 10.9. The minimum absolute atomic E-state index is 0.115. The molecule has 6 nitrogen and oxygen atoms in total. The van der Waals surface area contributed by atoms with Crippen LogP contribution in [0.2, 0.25) is 0 Å². The zero-order valence-corrected chi connectivity index (χ0v) is 20.4. The zero-order valence-electron chi connectivity index (χ0n) is 20.4. The molecule has 1 fully saturated rings. The van der Waals surface area contributed by atoms with Gasteiger partial charge in [-0.2, -0.15) is 5.10 Å². The zero-order chi connectivity index (χ0) is 25.8. The predicted octanol–water partition coefficient (Wildman–Crippen LogP) is 5.98. The maximum Gasteiger partial charge on any atom is 0.254 e. The number of aryl methyl sites for hydroxylation is 1. The van der Waals surface area contributed by atoms with Gasteiger partial charge in [-0.25, -0.2) is 13.5 Å². The summed E-state index contributed by atoms with van der Waals surface area (Å²) in [6.07, 6.45) is 1.65. The van der Waals surface area contributed by atoms with Gasteiger partial charge in [-0.15, -0.1) is 0 Å². The molecule has 3 aromatic carbocycles. The maximum atomic E-state index is 14.0. The van der Waals surface area contributed by atoms with Gasteiger partial charge in [-0.1, -0.05) is 36.4 Å². The molecule has 1 amide bonds. The monoisotopic (exact) mass is 503 g/mol. The molecule has 190 valence electrons. The Hall–Kier alpha value is -4.04. The van der Waals surface area contributed by atoms with E-state index >= 15 is 0 Å². The van der Waals surface area contributed by atoms with Crippen molar-refractivity contribution in [2.45, 2.75) is 25.5 Å². The Bertz CT molecular complexity index is 1370. The summed E-state index contributed by atoms with van der Waals surface area (Å²) >= 11 is 0. The van der Waals surface area contributed by atoms with Crippen molar-refractivity contribution in [3.05, 3.63) is 102 Å². The summed E-state index contributed by atoms with van der Waals surface area (Å²) in [5, 5.41) is 4.71. The Morgan fingerprint density at radius 2 is 1.84 bits per heavy atom. The maximum absolute atomic E-state index is 14.0. The highest BCUT2D eigenvalue weighted by atomic mass is 19.1. The molecule has 1 saturated heterocycles. The summed E-state index contributed by atoms with van der Waals surface area (Å²) in [7, 11) is 1.76. The Balaban J connectivity index is 1.56. The summed E-state index contributed by atoms with van der Waals surface area (Å²) in [6.45, 7) is 1.14. The van der Waals surface area contributed by atoms with Crippen LogP contribution in [-0.2, 0) is 18.3 Å². The molecule has 0 N–H and O–H groups in total. The summed E-state index contributed by atoms with van der Waals surface area (Å²) in [5.41, 5.74) is 2.45.